The Bertz CT molecular complexity index is 829. The minimum absolute atomic E-state index is 0.293. The fourth-order valence-corrected chi connectivity index (χ4v) is 2.56. The number of carbonyl (C=O) groups is 1. The minimum atomic E-state index is -0.793. The van der Waals surface area contributed by atoms with E-state index in [1.807, 2.05) is 24.3 Å². The number of nitrogens with zero attached hydrogens (tertiary/aromatic N) is 4. The van der Waals surface area contributed by atoms with Crippen molar-refractivity contribution in [2.75, 3.05) is 6.54 Å². The highest BCUT2D eigenvalue weighted by Crippen LogP contribution is 2.14. The van der Waals surface area contributed by atoms with Gasteiger partial charge in [-0.1, -0.05) is 23.3 Å². The van der Waals surface area contributed by atoms with E-state index in [9.17, 15) is 4.79 Å². The summed E-state index contributed by atoms with van der Waals surface area (Å²) in [6.07, 6.45) is 4.10. The van der Waals surface area contributed by atoms with Gasteiger partial charge in [-0.3, -0.25) is 4.79 Å². The molecule has 0 saturated heterocycles. The Labute approximate surface area is 137 Å². The average molecular weight is 323 g/mol. The zero-order valence-electron chi connectivity index (χ0n) is 12.9. The Morgan fingerprint density at radius 2 is 2.25 bits per heavy atom. The van der Waals surface area contributed by atoms with Gasteiger partial charge in [0, 0.05) is 47.4 Å². The number of aromatic nitrogens is 3. The predicted octanol–water partition coefficient (Wildman–Crippen LogP) is 2.47. The van der Waals surface area contributed by atoms with Gasteiger partial charge in [-0.05, 0) is 23.1 Å². The van der Waals surface area contributed by atoms with Gasteiger partial charge in [-0.2, -0.15) is 0 Å². The number of nitrogens with one attached hydrogen (secondary N) is 3. The van der Waals surface area contributed by atoms with E-state index in [-0.39, 0.29) is 5.91 Å². The van der Waals surface area contributed by atoms with Crippen LogP contribution in [-0.4, -0.2) is 33.4 Å². The molecule has 1 amide bonds. The minimum Gasteiger partial charge on any atom is -0.358 e. The van der Waals surface area contributed by atoms with Crippen molar-refractivity contribution in [3.63, 3.8) is 0 Å². The van der Waals surface area contributed by atoms with Gasteiger partial charge in [0.05, 0.1) is 6.33 Å². The molecule has 0 fully saturated rings. The van der Waals surface area contributed by atoms with Gasteiger partial charge in [-0.25, -0.2) is 4.98 Å². The molecule has 3 rings (SSSR count). The molecule has 2 aromatic heterocycles. The van der Waals surface area contributed by atoms with Crippen molar-refractivity contribution in [1.82, 2.24) is 20.3 Å². The summed E-state index contributed by atoms with van der Waals surface area (Å²) in [7, 11) is 0. The van der Waals surface area contributed by atoms with Gasteiger partial charge in [0.2, 0.25) is 5.91 Å². The van der Waals surface area contributed by atoms with Gasteiger partial charge in [0.25, 0.3) is 0 Å². The van der Waals surface area contributed by atoms with E-state index in [0.717, 1.165) is 22.3 Å². The Morgan fingerprint density at radius 1 is 1.38 bits per heavy atom. The van der Waals surface area contributed by atoms with E-state index >= 15 is 0 Å². The Hall–Kier alpha value is -3.25. The number of rotatable bonds is 7. The summed E-state index contributed by atoms with van der Waals surface area (Å²) in [5.41, 5.74) is 11.5. The molecule has 0 saturated carbocycles. The fraction of sp³-hybridized carbons (Fsp3) is 0.250. The van der Waals surface area contributed by atoms with Crippen LogP contribution in [-0.2, 0) is 17.6 Å². The van der Waals surface area contributed by atoms with Crippen LogP contribution in [0.3, 0.4) is 0 Å². The van der Waals surface area contributed by atoms with Crippen LogP contribution in [0.25, 0.3) is 21.3 Å². The molecule has 2 heterocycles. The van der Waals surface area contributed by atoms with Crippen LogP contribution in [0.2, 0.25) is 0 Å². The molecule has 1 aromatic carbocycles. The van der Waals surface area contributed by atoms with Crippen molar-refractivity contribution < 1.29 is 4.79 Å². The van der Waals surface area contributed by atoms with E-state index in [2.05, 4.69) is 36.4 Å². The van der Waals surface area contributed by atoms with Crippen molar-refractivity contribution in [2.45, 2.75) is 18.9 Å². The second-order valence-electron chi connectivity index (χ2n) is 5.42. The number of benzene rings is 1. The second kappa shape index (κ2) is 7.34. The van der Waals surface area contributed by atoms with Crippen LogP contribution in [0, 0.1) is 0 Å². The summed E-state index contributed by atoms with van der Waals surface area (Å²) in [5, 5.41) is 7.53. The molecule has 1 unspecified atom stereocenters. The van der Waals surface area contributed by atoms with E-state index in [1.165, 1.54) is 6.33 Å². The van der Waals surface area contributed by atoms with Crippen LogP contribution in [0.4, 0.5) is 0 Å². The summed E-state index contributed by atoms with van der Waals surface area (Å²) in [4.78, 5) is 25.1. The first-order valence-corrected chi connectivity index (χ1v) is 7.62. The van der Waals surface area contributed by atoms with Gasteiger partial charge < -0.3 is 15.3 Å². The highest BCUT2D eigenvalue weighted by atomic mass is 16.2. The number of fused-ring (bicyclic) bond motifs is 1. The zero-order valence-corrected chi connectivity index (χ0v) is 12.9. The molecular weight excluding hydrogens is 306 g/mol. The fourth-order valence-electron chi connectivity index (χ4n) is 2.56. The maximum Gasteiger partial charge on any atom is 0.229 e. The maximum absolute atomic E-state index is 12.2. The molecule has 0 aliphatic heterocycles. The number of carbonyl (C=O) groups excluding carboxylic acids is 1. The van der Waals surface area contributed by atoms with Crippen molar-refractivity contribution in [3.8, 4) is 0 Å². The first-order valence-electron chi connectivity index (χ1n) is 7.62. The van der Waals surface area contributed by atoms with Crippen LogP contribution >= 0.6 is 0 Å². The van der Waals surface area contributed by atoms with E-state index in [1.54, 1.807) is 6.20 Å². The average Bonchev–Trinajstić information content (AvgIpc) is 3.23. The lowest BCUT2D eigenvalue weighted by Gasteiger charge is -2.10. The largest absolute Gasteiger partial charge is 0.358 e. The maximum atomic E-state index is 12.2. The Morgan fingerprint density at radius 3 is 3.00 bits per heavy atom. The highest BCUT2D eigenvalue weighted by Gasteiger charge is 2.17. The summed E-state index contributed by atoms with van der Waals surface area (Å²) < 4.78 is 0. The lowest BCUT2D eigenvalue weighted by molar-refractivity contribution is -0.122. The number of amides is 1. The molecule has 0 aliphatic rings. The molecule has 8 heteroatoms. The normalized spacial score (nSPS) is 11.8. The SMILES string of the molecule is [N-]=[N+]=NC(Cc1cnc[nH]1)C(=O)NCCc1cc2ccccc2[nH]1. The van der Waals surface area contributed by atoms with Crippen LogP contribution < -0.4 is 5.32 Å². The molecule has 1 atom stereocenters. The predicted molar refractivity (Wildman–Crippen MR) is 90.2 cm³/mol. The first kappa shape index (κ1) is 15.6. The quantitative estimate of drug-likeness (QED) is 0.351. The van der Waals surface area contributed by atoms with Gasteiger partial charge in [0.1, 0.15) is 6.04 Å². The van der Waals surface area contributed by atoms with Gasteiger partial charge in [-0.15, -0.1) is 0 Å². The third-order valence-electron chi connectivity index (χ3n) is 3.74. The molecule has 24 heavy (non-hydrogen) atoms. The number of hydrogen-bond donors (Lipinski definition) is 3. The third-order valence-corrected chi connectivity index (χ3v) is 3.74. The van der Waals surface area contributed by atoms with Crippen molar-refractivity contribution in [3.05, 3.63) is 64.7 Å². The lowest BCUT2D eigenvalue weighted by atomic mass is 10.1. The van der Waals surface area contributed by atoms with Crippen molar-refractivity contribution >= 4 is 16.8 Å². The smallest absolute Gasteiger partial charge is 0.229 e. The standard InChI is InChI=1S/C16H17N7O/c17-23-22-15(8-13-9-18-10-20-13)16(24)19-6-5-12-7-11-3-1-2-4-14(11)21-12/h1-4,7,9-10,15,21H,5-6,8H2,(H,18,20)(H,19,24). The summed E-state index contributed by atoms with van der Waals surface area (Å²) >= 11 is 0. The molecule has 122 valence electrons. The topological polar surface area (TPSA) is 122 Å². The number of para-hydroxylation sites is 1. The lowest BCUT2D eigenvalue weighted by Crippen LogP contribution is -2.35. The molecular formula is C16H17N7O. The Kier molecular flexibility index (Phi) is 4.78. The molecule has 0 radical (unpaired) electrons. The highest BCUT2D eigenvalue weighted by molar-refractivity contribution is 5.82. The van der Waals surface area contributed by atoms with E-state index in [0.29, 0.717) is 19.4 Å². The number of aromatic amines is 2. The third kappa shape index (κ3) is 3.74. The molecule has 0 bridgehead atoms. The summed E-state index contributed by atoms with van der Waals surface area (Å²) in [5.74, 6) is -0.293. The van der Waals surface area contributed by atoms with Crippen molar-refractivity contribution in [1.29, 1.82) is 0 Å². The monoisotopic (exact) mass is 323 g/mol. The number of hydrogen-bond acceptors (Lipinski definition) is 3. The molecule has 3 N–H and O–H groups in total. The van der Waals surface area contributed by atoms with Crippen LogP contribution in [0.15, 0.2) is 48.0 Å². The van der Waals surface area contributed by atoms with E-state index < -0.39 is 6.04 Å². The Balaban J connectivity index is 1.55. The first-order chi connectivity index (χ1) is 11.8. The summed E-state index contributed by atoms with van der Waals surface area (Å²) in [6.45, 7) is 0.464. The zero-order chi connectivity index (χ0) is 16.8. The molecule has 8 nitrogen and oxygen atoms in total. The van der Waals surface area contributed by atoms with Gasteiger partial charge in [0.15, 0.2) is 0 Å². The van der Waals surface area contributed by atoms with E-state index in [4.69, 9.17) is 5.53 Å². The van der Waals surface area contributed by atoms with Gasteiger partial charge >= 0.3 is 0 Å². The molecule has 0 aliphatic carbocycles. The van der Waals surface area contributed by atoms with Crippen LogP contribution in [0.1, 0.15) is 11.4 Å². The summed E-state index contributed by atoms with van der Waals surface area (Å²) in [6, 6.07) is 9.29. The molecule has 3 aromatic rings. The van der Waals surface area contributed by atoms with Crippen LogP contribution in [0.5, 0.6) is 0 Å². The van der Waals surface area contributed by atoms with Crippen molar-refractivity contribution in [2.24, 2.45) is 5.11 Å². The second-order valence-corrected chi connectivity index (χ2v) is 5.42. The number of azide groups is 1. The number of imidazole rings is 1. The molecule has 0 spiro atoms. The number of H-pyrrole nitrogens is 2.